The van der Waals surface area contributed by atoms with E-state index in [0.29, 0.717) is 5.02 Å². The molecule has 17 heavy (non-hydrogen) atoms. The number of ether oxygens (including phenoxy) is 1. The van der Waals surface area contributed by atoms with Gasteiger partial charge in [-0.3, -0.25) is 0 Å². The molecule has 0 unspecified atom stereocenters. The van der Waals surface area contributed by atoms with E-state index in [9.17, 15) is 5.11 Å². The zero-order valence-corrected chi connectivity index (χ0v) is 10.8. The second-order valence-electron chi connectivity index (χ2n) is 3.39. The molecule has 0 radical (unpaired) electrons. The first-order chi connectivity index (χ1) is 8.19. The lowest BCUT2D eigenvalue weighted by atomic mass is 10.3. The Balaban J connectivity index is 2.21. The van der Waals surface area contributed by atoms with Crippen LogP contribution in [-0.4, -0.2) is 12.2 Å². The van der Waals surface area contributed by atoms with Gasteiger partial charge in [0.2, 0.25) is 0 Å². The number of phenolic OH excluding ortho intramolecular Hbond substituents is 1. The molecule has 0 heterocycles. The lowest BCUT2D eigenvalue weighted by molar-refractivity contribution is 0.414. The average molecular weight is 267 g/mol. The van der Waals surface area contributed by atoms with E-state index in [1.54, 1.807) is 37.1 Å². The number of halogens is 1. The molecule has 0 aliphatic carbocycles. The Morgan fingerprint density at radius 3 is 2.41 bits per heavy atom. The van der Waals surface area contributed by atoms with E-state index in [1.165, 1.54) is 0 Å². The minimum absolute atomic E-state index is 0.259. The lowest BCUT2D eigenvalue weighted by Gasteiger charge is -2.06. The van der Waals surface area contributed by atoms with Crippen LogP contribution in [0.2, 0.25) is 5.02 Å². The summed E-state index contributed by atoms with van der Waals surface area (Å²) < 4.78 is 5.09. The molecule has 0 spiro atoms. The number of benzene rings is 2. The summed E-state index contributed by atoms with van der Waals surface area (Å²) in [5.74, 6) is 1.00. The van der Waals surface area contributed by atoms with Gasteiger partial charge in [0.1, 0.15) is 11.5 Å². The predicted molar refractivity (Wildman–Crippen MR) is 70.2 cm³/mol. The molecule has 1 N–H and O–H groups in total. The molecular formula is C13H11ClO2S. The summed E-state index contributed by atoms with van der Waals surface area (Å²) in [6.07, 6.45) is 0. The third kappa shape index (κ3) is 3.08. The van der Waals surface area contributed by atoms with Gasteiger partial charge in [0.05, 0.1) is 12.1 Å². The highest BCUT2D eigenvalue weighted by Crippen LogP contribution is 2.35. The molecule has 0 bridgehead atoms. The lowest BCUT2D eigenvalue weighted by Crippen LogP contribution is -1.83. The van der Waals surface area contributed by atoms with E-state index in [2.05, 4.69) is 0 Å². The van der Waals surface area contributed by atoms with E-state index in [0.717, 1.165) is 15.5 Å². The second kappa shape index (κ2) is 5.34. The molecule has 0 aliphatic heterocycles. The summed E-state index contributed by atoms with van der Waals surface area (Å²) in [6, 6.07) is 12.6. The maximum Gasteiger partial charge on any atom is 0.120 e. The maximum atomic E-state index is 9.19. The molecule has 88 valence electrons. The Morgan fingerprint density at radius 1 is 1.12 bits per heavy atom. The van der Waals surface area contributed by atoms with Crippen LogP contribution in [0.3, 0.4) is 0 Å². The summed E-state index contributed by atoms with van der Waals surface area (Å²) in [4.78, 5) is 1.98. The number of phenols is 1. The van der Waals surface area contributed by atoms with Gasteiger partial charge in [-0.1, -0.05) is 23.4 Å². The number of methoxy groups -OCH3 is 1. The molecule has 0 atom stereocenters. The first-order valence-electron chi connectivity index (χ1n) is 4.99. The van der Waals surface area contributed by atoms with Crippen molar-refractivity contribution < 1.29 is 9.84 Å². The quantitative estimate of drug-likeness (QED) is 0.903. The van der Waals surface area contributed by atoms with E-state index >= 15 is 0 Å². The minimum Gasteiger partial charge on any atom is -0.508 e. The van der Waals surface area contributed by atoms with Crippen LogP contribution in [0.15, 0.2) is 52.3 Å². The van der Waals surface area contributed by atoms with Crippen LogP contribution >= 0.6 is 23.4 Å². The molecule has 0 fully saturated rings. The van der Waals surface area contributed by atoms with Gasteiger partial charge < -0.3 is 9.84 Å². The predicted octanol–water partition coefficient (Wildman–Crippen LogP) is 4.21. The van der Waals surface area contributed by atoms with Crippen LogP contribution in [0.4, 0.5) is 0 Å². The van der Waals surface area contributed by atoms with E-state index in [1.807, 2.05) is 24.3 Å². The summed E-state index contributed by atoms with van der Waals surface area (Å²) in [5, 5.41) is 9.85. The molecule has 0 saturated carbocycles. The molecule has 2 aromatic carbocycles. The number of rotatable bonds is 3. The fourth-order valence-corrected chi connectivity index (χ4v) is 2.44. The Bertz CT molecular complexity index is 511. The molecule has 0 aliphatic rings. The molecular weight excluding hydrogens is 256 g/mol. The van der Waals surface area contributed by atoms with Crippen molar-refractivity contribution in [2.24, 2.45) is 0 Å². The molecule has 0 aromatic heterocycles. The fourth-order valence-electron chi connectivity index (χ4n) is 1.33. The van der Waals surface area contributed by atoms with Crippen LogP contribution in [0, 0.1) is 0 Å². The Hall–Kier alpha value is -1.32. The Kier molecular flexibility index (Phi) is 3.82. The largest absolute Gasteiger partial charge is 0.508 e. The Labute approximate surface area is 109 Å². The van der Waals surface area contributed by atoms with Crippen molar-refractivity contribution in [1.29, 1.82) is 0 Å². The van der Waals surface area contributed by atoms with Crippen molar-refractivity contribution in [3.63, 3.8) is 0 Å². The van der Waals surface area contributed by atoms with Crippen LogP contribution < -0.4 is 4.74 Å². The summed E-state index contributed by atoms with van der Waals surface area (Å²) in [6.45, 7) is 0. The standard InChI is InChI=1S/C13H11ClO2S/c1-16-10-4-7-13(12(14)8-10)17-11-5-2-9(15)3-6-11/h2-8,15H,1H3. The highest BCUT2D eigenvalue weighted by atomic mass is 35.5. The number of hydrogen-bond donors (Lipinski definition) is 1. The van der Waals surface area contributed by atoms with Crippen molar-refractivity contribution in [3.05, 3.63) is 47.5 Å². The van der Waals surface area contributed by atoms with E-state index in [4.69, 9.17) is 16.3 Å². The molecule has 2 nitrogen and oxygen atoms in total. The van der Waals surface area contributed by atoms with Crippen molar-refractivity contribution in [3.8, 4) is 11.5 Å². The van der Waals surface area contributed by atoms with Crippen molar-refractivity contribution in [2.75, 3.05) is 7.11 Å². The van der Waals surface area contributed by atoms with Gasteiger partial charge in [-0.15, -0.1) is 0 Å². The van der Waals surface area contributed by atoms with Gasteiger partial charge in [0.25, 0.3) is 0 Å². The van der Waals surface area contributed by atoms with Gasteiger partial charge in [0, 0.05) is 9.79 Å². The first-order valence-corrected chi connectivity index (χ1v) is 6.19. The van der Waals surface area contributed by atoms with Gasteiger partial charge in [-0.2, -0.15) is 0 Å². The van der Waals surface area contributed by atoms with Crippen LogP contribution in [0.25, 0.3) is 0 Å². The summed E-state index contributed by atoms with van der Waals surface area (Å²) in [7, 11) is 1.61. The number of aromatic hydroxyl groups is 1. The number of hydrogen-bond acceptors (Lipinski definition) is 3. The van der Waals surface area contributed by atoms with Crippen molar-refractivity contribution >= 4 is 23.4 Å². The van der Waals surface area contributed by atoms with Crippen molar-refractivity contribution in [1.82, 2.24) is 0 Å². The molecule has 0 amide bonds. The highest BCUT2D eigenvalue weighted by molar-refractivity contribution is 7.99. The van der Waals surface area contributed by atoms with E-state index < -0.39 is 0 Å². The monoisotopic (exact) mass is 266 g/mol. The van der Waals surface area contributed by atoms with Crippen LogP contribution in [0.1, 0.15) is 0 Å². The third-order valence-corrected chi connectivity index (χ3v) is 3.71. The van der Waals surface area contributed by atoms with Crippen molar-refractivity contribution in [2.45, 2.75) is 9.79 Å². The van der Waals surface area contributed by atoms with E-state index in [-0.39, 0.29) is 5.75 Å². The molecule has 2 aromatic rings. The van der Waals surface area contributed by atoms with Crippen LogP contribution in [0.5, 0.6) is 11.5 Å². The SMILES string of the molecule is COc1ccc(Sc2ccc(O)cc2)c(Cl)c1. The van der Waals surface area contributed by atoms with Gasteiger partial charge in [0.15, 0.2) is 0 Å². The topological polar surface area (TPSA) is 29.5 Å². The normalized spacial score (nSPS) is 10.2. The van der Waals surface area contributed by atoms with Gasteiger partial charge in [-0.05, 0) is 42.5 Å². The highest BCUT2D eigenvalue weighted by Gasteiger charge is 2.04. The third-order valence-electron chi connectivity index (χ3n) is 2.20. The second-order valence-corrected chi connectivity index (χ2v) is 4.91. The average Bonchev–Trinajstić information content (AvgIpc) is 2.34. The molecule has 0 saturated heterocycles. The minimum atomic E-state index is 0.259. The van der Waals surface area contributed by atoms with Crippen LogP contribution in [-0.2, 0) is 0 Å². The molecule has 4 heteroatoms. The maximum absolute atomic E-state index is 9.19. The Morgan fingerprint density at radius 2 is 1.82 bits per heavy atom. The summed E-state index contributed by atoms with van der Waals surface area (Å²) in [5.41, 5.74) is 0. The summed E-state index contributed by atoms with van der Waals surface area (Å²) >= 11 is 7.68. The fraction of sp³-hybridized carbons (Fsp3) is 0.0769. The van der Waals surface area contributed by atoms with Gasteiger partial charge in [-0.25, -0.2) is 0 Å². The molecule has 2 rings (SSSR count). The first kappa shape index (κ1) is 12.1. The zero-order valence-electron chi connectivity index (χ0n) is 9.18. The zero-order chi connectivity index (χ0) is 12.3. The van der Waals surface area contributed by atoms with Gasteiger partial charge >= 0.3 is 0 Å². The smallest absolute Gasteiger partial charge is 0.120 e.